The summed E-state index contributed by atoms with van der Waals surface area (Å²) in [7, 11) is -1.10. The predicted molar refractivity (Wildman–Crippen MR) is 127 cm³/mol. The first kappa shape index (κ1) is 23.2. The highest BCUT2D eigenvalue weighted by atomic mass is 32.2. The second kappa shape index (κ2) is 9.92. The van der Waals surface area contributed by atoms with Crippen molar-refractivity contribution < 1.29 is 32.2 Å². The third kappa shape index (κ3) is 5.01. The first-order chi connectivity index (χ1) is 16.4. The number of amides is 1. The normalized spacial score (nSPS) is 12.9. The molecule has 0 radical (unpaired) electrons. The summed E-state index contributed by atoms with van der Waals surface area (Å²) in [5.74, 6) is 1.28. The lowest BCUT2D eigenvalue weighted by Gasteiger charge is -2.15. The number of carbonyl (C=O) groups is 1. The van der Waals surface area contributed by atoms with Crippen LogP contribution in [0.4, 0.5) is 11.4 Å². The number of hydrogen-bond donors (Lipinski definition) is 2. The van der Waals surface area contributed by atoms with Gasteiger partial charge in [-0.1, -0.05) is 12.1 Å². The third-order valence-electron chi connectivity index (χ3n) is 5.09. The minimum Gasteiger partial charge on any atom is -0.495 e. The van der Waals surface area contributed by atoms with Crippen molar-refractivity contribution in [1.29, 1.82) is 0 Å². The molecule has 0 aromatic heterocycles. The average Bonchev–Trinajstić information content (AvgIpc) is 3.09. The zero-order valence-electron chi connectivity index (χ0n) is 18.7. The summed E-state index contributed by atoms with van der Waals surface area (Å²) < 4.78 is 50.3. The fourth-order valence-corrected chi connectivity index (χ4v) is 4.48. The summed E-state index contributed by atoms with van der Waals surface area (Å²) in [6.07, 6.45) is 0.748. The molecule has 0 unspecified atom stereocenters. The van der Waals surface area contributed by atoms with Crippen LogP contribution in [-0.4, -0.2) is 41.8 Å². The molecule has 1 heterocycles. The lowest BCUT2D eigenvalue weighted by atomic mass is 10.1. The van der Waals surface area contributed by atoms with E-state index in [1.165, 1.54) is 32.4 Å². The van der Waals surface area contributed by atoms with Crippen molar-refractivity contribution in [2.45, 2.75) is 11.3 Å². The Bertz CT molecular complexity index is 1310. The fraction of sp³-hybridized carbons (Fsp3) is 0.208. The molecule has 0 spiro atoms. The molecule has 1 amide bonds. The largest absolute Gasteiger partial charge is 0.495 e. The fourth-order valence-electron chi connectivity index (χ4n) is 3.38. The van der Waals surface area contributed by atoms with Gasteiger partial charge in [0, 0.05) is 12.0 Å². The zero-order chi connectivity index (χ0) is 24.1. The quantitative estimate of drug-likeness (QED) is 0.523. The Labute approximate surface area is 197 Å². The molecule has 0 saturated carbocycles. The van der Waals surface area contributed by atoms with Crippen LogP contribution in [0.2, 0.25) is 0 Å². The molecular weight excluding hydrogens is 460 g/mol. The smallest absolute Gasteiger partial charge is 0.262 e. The van der Waals surface area contributed by atoms with Gasteiger partial charge in [0.1, 0.15) is 11.5 Å². The van der Waals surface area contributed by atoms with E-state index < -0.39 is 15.9 Å². The van der Waals surface area contributed by atoms with Gasteiger partial charge in [0.25, 0.3) is 15.9 Å². The van der Waals surface area contributed by atoms with E-state index in [4.69, 9.17) is 18.9 Å². The van der Waals surface area contributed by atoms with Crippen molar-refractivity contribution in [3.8, 4) is 23.0 Å². The van der Waals surface area contributed by atoms with E-state index in [0.717, 1.165) is 6.42 Å². The Morgan fingerprint density at radius 3 is 2.32 bits per heavy atom. The standard InChI is InChI=1S/C24H24N2O7S/c1-30-20-7-4-3-6-18(20)26-34(28,29)17-9-11-21(31-2)19(15-17)25-24(27)16-8-10-22-23(14-16)33-13-5-12-32-22/h3-4,6-11,14-15,26H,5,12-13H2,1-2H3,(H,25,27). The summed E-state index contributed by atoms with van der Waals surface area (Å²) in [6.45, 7) is 1.03. The summed E-state index contributed by atoms with van der Waals surface area (Å²) in [5.41, 5.74) is 0.813. The van der Waals surface area contributed by atoms with E-state index in [9.17, 15) is 13.2 Å². The van der Waals surface area contributed by atoms with Crippen molar-refractivity contribution in [2.75, 3.05) is 37.5 Å². The molecule has 1 aliphatic rings. The number of para-hydroxylation sites is 2. The van der Waals surface area contributed by atoms with Gasteiger partial charge in [-0.05, 0) is 48.5 Å². The molecule has 178 valence electrons. The molecule has 0 atom stereocenters. The third-order valence-corrected chi connectivity index (χ3v) is 6.45. The van der Waals surface area contributed by atoms with Gasteiger partial charge >= 0.3 is 0 Å². The van der Waals surface area contributed by atoms with Crippen LogP contribution >= 0.6 is 0 Å². The van der Waals surface area contributed by atoms with Gasteiger partial charge in [0.05, 0.1) is 43.7 Å². The van der Waals surface area contributed by atoms with E-state index >= 15 is 0 Å². The number of nitrogens with one attached hydrogen (secondary N) is 2. The maximum atomic E-state index is 13.0. The molecule has 0 saturated heterocycles. The van der Waals surface area contributed by atoms with Gasteiger partial charge in [-0.2, -0.15) is 0 Å². The Morgan fingerprint density at radius 2 is 1.56 bits per heavy atom. The van der Waals surface area contributed by atoms with Crippen molar-refractivity contribution in [3.63, 3.8) is 0 Å². The van der Waals surface area contributed by atoms with Crippen LogP contribution in [0, 0.1) is 0 Å². The molecule has 9 nitrogen and oxygen atoms in total. The SMILES string of the molecule is COc1ccc(S(=O)(=O)Nc2ccccc2OC)cc1NC(=O)c1ccc2c(c1)OCCCO2. The summed E-state index contributed by atoms with van der Waals surface area (Å²) in [6, 6.07) is 15.7. The molecular formula is C24H24N2O7S. The van der Waals surface area contributed by atoms with Crippen LogP contribution in [0.1, 0.15) is 16.8 Å². The first-order valence-corrected chi connectivity index (χ1v) is 11.9. The average molecular weight is 485 g/mol. The van der Waals surface area contributed by atoms with E-state index in [-0.39, 0.29) is 10.6 Å². The number of fused-ring (bicyclic) bond motifs is 1. The molecule has 3 aromatic rings. The second-order valence-electron chi connectivity index (χ2n) is 7.33. The highest BCUT2D eigenvalue weighted by Crippen LogP contribution is 2.33. The highest BCUT2D eigenvalue weighted by molar-refractivity contribution is 7.92. The molecule has 0 bridgehead atoms. The number of methoxy groups -OCH3 is 2. The van der Waals surface area contributed by atoms with E-state index in [1.807, 2.05) is 0 Å². The van der Waals surface area contributed by atoms with Gasteiger partial charge in [-0.15, -0.1) is 0 Å². The van der Waals surface area contributed by atoms with Gasteiger partial charge in [-0.25, -0.2) is 8.42 Å². The monoisotopic (exact) mass is 484 g/mol. The minimum absolute atomic E-state index is 0.0619. The number of ether oxygens (including phenoxy) is 4. The number of benzene rings is 3. The lowest BCUT2D eigenvalue weighted by molar-refractivity contribution is 0.102. The van der Waals surface area contributed by atoms with Gasteiger partial charge < -0.3 is 24.3 Å². The van der Waals surface area contributed by atoms with Crippen LogP contribution in [0.5, 0.6) is 23.0 Å². The second-order valence-corrected chi connectivity index (χ2v) is 9.02. The highest BCUT2D eigenvalue weighted by Gasteiger charge is 2.20. The molecule has 1 aliphatic heterocycles. The number of hydrogen-bond acceptors (Lipinski definition) is 7. The summed E-state index contributed by atoms with van der Waals surface area (Å²) >= 11 is 0. The van der Waals surface area contributed by atoms with Gasteiger partial charge in [-0.3, -0.25) is 9.52 Å². The Kier molecular flexibility index (Phi) is 6.78. The van der Waals surface area contributed by atoms with Gasteiger partial charge in [0.15, 0.2) is 11.5 Å². The lowest BCUT2D eigenvalue weighted by Crippen LogP contribution is -2.16. The van der Waals surface area contributed by atoms with Crippen molar-refractivity contribution >= 4 is 27.3 Å². The van der Waals surface area contributed by atoms with Gasteiger partial charge in [0.2, 0.25) is 0 Å². The molecule has 2 N–H and O–H groups in total. The Balaban J connectivity index is 1.60. The van der Waals surface area contributed by atoms with Crippen molar-refractivity contribution in [1.82, 2.24) is 0 Å². The maximum Gasteiger partial charge on any atom is 0.262 e. The van der Waals surface area contributed by atoms with Crippen molar-refractivity contribution in [3.05, 3.63) is 66.2 Å². The molecule has 34 heavy (non-hydrogen) atoms. The van der Waals surface area contributed by atoms with Crippen LogP contribution < -0.4 is 29.0 Å². The molecule has 0 aliphatic carbocycles. The summed E-state index contributed by atoms with van der Waals surface area (Å²) in [5, 5.41) is 2.72. The number of rotatable bonds is 7. The molecule has 3 aromatic carbocycles. The topological polar surface area (TPSA) is 112 Å². The number of anilines is 2. The predicted octanol–water partition coefficient (Wildman–Crippen LogP) is 3.92. The van der Waals surface area contributed by atoms with Crippen molar-refractivity contribution in [2.24, 2.45) is 0 Å². The Morgan fingerprint density at radius 1 is 0.853 bits per heavy atom. The minimum atomic E-state index is -3.98. The van der Waals surface area contributed by atoms with Crippen LogP contribution in [0.25, 0.3) is 0 Å². The van der Waals surface area contributed by atoms with E-state index in [2.05, 4.69) is 10.0 Å². The first-order valence-electron chi connectivity index (χ1n) is 10.5. The molecule has 0 fully saturated rings. The van der Waals surface area contributed by atoms with E-state index in [0.29, 0.717) is 47.5 Å². The maximum absolute atomic E-state index is 13.0. The zero-order valence-corrected chi connectivity index (χ0v) is 19.5. The number of sulfonamides is 1. The molecule has 4 rings (SSSR count). The molecule has 10 heteroatoms. The van der Waals surface area contributed by atoms with E-state index in [1.54, 1.807) is 42.5 Å². The van der Waals surface area contributed by atoms with Crippen LogP contribution in [0.3, 0.4) is 0 Å². The number of carbonyl (C=O) groups excluding carboxylic acids is 1. The summed E-state index contributed by atoms with van der Waals surface area (Å²) in [4.78, 5) is 12.9. The van der Waals surface area contributed by atoms with Crippen LogP contribution in [-0.2, 0) is 10.0 Å². The Hall–Kier alpha value is -3.92. The van der Waals surface area contributed by atoms with Crippen LogP contribution in [0.15, 0.2) is 65.6 Å².